The average Bonchev–Trinajstić information content (AvgIpc) is 2.79. The van der Waals surface area contributed by atoms with Crippen LogP contribution in [0.4, 0.5) is 13.2 Å². The van der Waals surface area contributed by atoms with Crippen molar-refractivity contribution in [1.82, 2.24) is 0 Å². The molecule has 0 amide bonds. The molecular weight excluding hydrogens is 401 g/mol. The highest BCUT2D eigenvalue weighted by atomic mass is 19.2. The predicted molar refractivity (Wildman–Crippen MR) is 117 cm³/mol. The standard InChI is InChI=1S/C26H43F3O2/c1-16-7-8-20(15-22(16)27)17-9-11-19(12-10-17)26(30)31-23-14-13-21(24(28)25(23)29)18-5-3-2-4-6-18/h16-26,30H,2-15H2,1H3. The molecule has 8 unspecified atom stereocenters. The third-order valence-electron chi connectivity index (χ3n) is 9.45. The lowest BCUT2D eigenvalue weighted by Gasteiger charge is -2.42. The van der Waals surface area contributed by atoms with Crippen LogP contribution in [-0.2, 0) is 4.74 Å². The van der Waals surface area contributed by atoms with Crippen LogP contribution in [0.5, 0.6) is 0 Å². The summed E-state index contributed by atoms with van der Waals surface area (Å²) < 4.78 is 49.7. The van der Waals surface area contributed by atoms with Crippen LogP contribution in [0.25, 0.3) is 0 Å². The van der Waals surface area contributed by atoms with Gasteiger partial charge in [-0.05, 0) is 87.4 Å². The van der Waals surface area contributed by atoms with Crippen molar-refractivity contribution in [1.29, 1.82) is 0 Å². The molecule has 0 saturated heterocycles. The quantitative estimate of drug-likeness (QED) is 0.466. The van der Waals surface area contributed by atoms with Gasteiger partial charge in [-0.25, -0.2) is 13.2 Å². The van der Waals surface area contributed by atoms with Crippen molar-refractivity contribution in [2.45, 2.75) is 128 Å². The van der Waals surface area contributed by atoms with E-state index in [1.54, 1.807) is 0 Å². The van der Waals surface area contributed by atoms with E-state index < -0.39 is 30.9 Å². The monoisotopic (exact) mass is 444 g/mol. The lowest BCUT2D eigenvalue weighted by Crippen LogP contribution is -2.47. The Bertz CT molecular complexity index is 547. The molecule has 4 fully saturated rings. The normalized spacial score (nSPS) is 46.5. The van der Waals surface area contributed by atoms with Crippen LogP contribution in [0.15, 0.2) is 0 Å². The van der Waals surface area contributed by atoms with Gasteiger partial charge in [0.2, 0.25) is 0 Å². The first-order valence-electron chi connectivity index (χ1n) is 13.2. The third-order valence-corrected chi connectivity index (χ3v) is 9.45. The molecule has 4 saturated carbocycles. The SMILES string of the molecule is CC1CCC(C2CCC(C(O)OC3CCC(C4CCCCC4)C(F)C3F)CC2)CC1F. The highest BCUT2D eigenvalue weighted by Crippen LogP contribution is 2.45. The summed E-state index contributed by atoms with van der Waals surface area (Å²) in [5.74, 6) is 1.30. The van der Waals surface area contributed by atoms with Gasteiger partial charge in [0.1, 0.15) is 12.3 Å². The Kier molecular flexibility index (Phi) is 8.28. The van der Waals surface area contributed by atoms with Crippen LogP contribution in [-0.4, -0.2) is 36.0 Å². The molecule has 5 heteroatoms. The Morgan fingerprint density at radius 1 is 0.710 bits per heavy atom. The maximum Gasteiger partial charge on any atom is 0.157 e. The van der Waals surface area contributed by atoms with Gasteiger partial charge in [-0.2, -0.15) is 0 Å². The Morgan fingerprint density at radius 3 is 2.06 bits per heavy atom. The molecule has 0 spiro atoms. The molecule has 0 heterocycles. The van der Waals surface area contributed by atoms with Gasteiger partial charge in [-0.3, -0.25) is 0 Å². The first-order chi connectivity index (χ1) is 14.9. The molecule has 180 valence electrons. The van der Waals surface area contributed by atoms with E-state index >= 15 is 0 Å². The molecule has 0 aliphatic heterocycles. The number of aliphatic hydroxyl groups is 1. The zero-order valence-corrected chi connectivity index (χ0v) is 19.2. The molecule has 0 aromatic carbocycles. The first-order valence-corrected chi connectivity index (χ1v) is 13.2. The van der Waals surface area contributed by atoms with Crippen molar-refractivity contribution in [2.24, 2.45) is 35.5 Å². The largest absolute Gasteiger partial charge is 0.368 e. The smallest absolute Gasteiger partial charge is 0.157 e. The maximum atomic E-state index is 14.9. The fraction of sp³-hybridized carbons (Fsp3) is 1.00. The second-order valence-corrected chi connectivity index (χ2v) is 11.3. The van der Waals surface area contributed by atoms with Crippen LogP contribution < -0.4 is 0 Å². The number of ether oxygens (including phenoxy) is 1. The van der Waals surface area contributed by atoms with Gasteiger partial charge in [-0.1, -0.05) is 39.0 Å². The van der Waals surface area contributed by atoms with Crippen LogP contribution in [0.3, 0.4) is 0 Å². The van der Waals surface area contributed by atoms with Crippen LogP contribution >= 0.6 is 0 Å². The Morgan fingerprint density at radius 2 is 1.39 bits per heavy atom. The van der Waals surface area contributed by atoms with E-state index in [2.05, 4.69) is 0 Å². The van der Waals surface area contributed by atoms with Gasteiger partial charge in [0.05, 0.1) is 6.10 Å². The zero-order valence-electron chi connectivity index (χ0n) is 19.2. The summed E-state index contributed by atoms with van der Waals surface area (Å²) in [5, 5.41) is 10.6. The van der Waals surface area contributed by atoms with Crippen molar-refractivity contribution < 1.29 is 23.0 Å². The zero-order chi connectivity index (χ0) is 22.0. The molecule has 4 rings (SSSR count). The topological polar surface area (TPSA) is 29.5 Å². The van der Waals surface area contributed by atoms with Gasteiger partial charge in [0.25, 0.3) is 0 Å². The lowest BCUT2D eigenvalue weighted by atomic mass is 9.69. The van der Waals surface area contributed by atoms with E-state index in [1.165, 1.54) is 6.42 Å². The number of hydrogen-bond acceptors (Lipinski definition) is 2. The number of alkyl halides is 3. The van der Waals surface area contributed by atoms with Crippen molar-refractivity contribution in [3.05, 3.63) is 0 Å². The van der Waals surface area contributed by atoms with Crippen molar-refractivity contribution >= 4 is 0 Å². The fourth-order valence-electron chi connectivity index (χ4n) is 7.23. The second kappa shape index (κ2) is 10.8. The number of halogens is 3. The molecule has 0 aromatic heterocycles. The van der Waals surface area contributed by atoms with E-state index in [1.807, 2.05) is 6.92 Å². The van der Waals surface area contributed by atoms with E-state index in [0.29, 0.717) is 37.0 Å². The summed E-state index contributed by atoms with van der Waals surface area (Å²) >= 11 is 0. The summed E-state index contributed by atoms with van der Waals surface area (Å²) in [6, 6.07) is 0. The van der Waals surface area contributed by atoms with E-state index in [-0.39, 0.29) is 17.8 Å². The van der Waals surface area contributed by atoms with E-state index in [4.69, 9.17) is 4.74 Å². The number of rotatable bonds is 5. The van der Waals surface area contributed by atoms with Crippen LogP contribution in [0.2, 0.25) is 0 Å². The predicted octanol–water partition coefficient (Wildman–Crippen LogP) is 6.94. The van der Waals surface area contributed by atoms with Gasteiger partial charge >= 0.3 is 0 Å². The minimum absolute atomic E-state index is 0.0127. The molecular formula is C26H43F3O2. The molecule has 4 aliphatic carbocycles. The van der Waals surface area contributed by atoms with Crippen LogP contribution in [0, 0.1) is 35.5 Å². The highest BCUT2D eigenvalue weighted by molar-refractivity contribution is 4.93. The van der Waals surface area contributed by atoms with Crippen molar-refractivity contribution in [3.63, 3.8) is 0 Å². The lowest BCUT2D eigenvalue weighted by molar-refractivity contribution is -0.206. The van der Waals surface area contributed by atoms with Gasteiger partial charge in [0.15, 0.2) is 12.5 Å². The third kappa shape index (κ3) is 5.62. The molecule has 0 aromatic rings. The van der Waals surface area contributed by atoms with Gasteiger partial charge in [-0.15, -0.1) is 0 Å². The maximum absolute atomic E-state index is 14.9. The van der Waals surface area contributed by atoms with Crippen LogP contribution in [0.1, 0.15) is 96.8 Å². The summed E-state index contributed by atoms with van der Waals surface area (Å²) in [5.41, 5.74) is 0. The van der Waals surface area contributed by atoms with E-state index in [9.17, 15) is 18.3 Å². The minimum atomic E-state index is -1.63. The molecule has 0 radical (unpaired) electrons. The Balaban J connectivity index is 1.22. The molecule has 0 bridgehead atoms. The highest BCUT2D eigenvalue weighted by Gasteiger charge is 2.45. The van der Waals surface area contributed by atoms with Crippen molar-refractivity contribution in [2.75, 3.05) is 0 Å². The summed E-state index contributed by atoms with van der Waals surface area (Å²) in [6.07, 6.45) is 7.52. The Hall–Kier alpha value is -0.290. The summed E-state index contributed by atoms with van der Waals surface area (Å²) in [6.45, 7) is 2.01. The molecule has 2 nitrogen and oxygen atoms in total. The van der Waals surface area contributed by atoms with E-state index in [0.717, 1.165) is 64.2 Å². The minimum Gasteiger partial charge on any atom is -0.368 e. The van der Waals surface area contributed by atoms with Gasteiger partial charge < -0.3 is 9.84 Å². The summed E-state index contributed by atoms with van der Waals surface area (Å²) in [4.78, 5) is 0. The molecule has 4 aliphatic rings. The van der Waals surface area contributed by atoms with Crippen molar-refractivity contribution in [3.8, 4) is 0 Å². The van der Waals surface area contributed by atoms with Gasteiger partial charge in [0, 0.05) is 5.92 Å². The first kappa shape index (κ1) is 23.9. The average molecular weight is 445 g/mol. The Labute approximate surface area is 186 Å². The number of hydrogen-bond donors (Lipinski definition) is 1. The molecule has 1 N–H and O–H groups in total. The summed E-state index contributed by atoms with van der Waals surface area (Å²) in [7, 11) is 0. The molecule has 8 atom stereocenters. The molecule has 31 heavy (non-hydrogen) atoms. The number of aliphatic hydroxyl groups excluding tert-OH is 1. The fourth-order valence-corrected chi connectivity index (χ4v) is 7.23. The second-order valence-electron chi connectivity index (χ2n) is 11.3.